The van der Waals surface area contributed by atoms with Crippen LogP contribution < -0.4 is 5.32 Å². The minimum absolute atomic E-state index is 0.320. The van der Waals surface area contributed by atoms with E-state index in [0.717, 1.165) is 50.0 Å². The monoisotopic (exact) mass is 263 g/mol. The number of nitrogens with one attached hydrogen (secondary N) is 1. The van der Waals surface area contributed by atoms with E-state index in [1.807, 2.05) is 13.0 Å². The molecule has 0 unspecified atom stereocenters. The van der Waals surface area contributed by atoms with Gasteiger partial charge in [0.05, 0.1) is 5.69 Å². The molecular formula is C15H25N3O. The number of aromatic nitrogens is 1. The van der Waals surface area contributed by atoms with E-state index < -0.39 is 0 Å². The maximum absolute atomic E-state index is 9.83. The SMILES string of the molecule is CCNCC1CCN(Cc2nc(C)ccc2O)CC1. The van der Waals surface area contributed by atoms with E-state index in [1.54, 1.807) is 6.07 Å². The molecule has 4 nitrogen and oxygen atoms in total. The standard InChI is InChI=1S/C15H25N3O/c1-3-16-10-13-6-8-18(9-7-13)11-14-15(19)5-4-12(2)17-14/h4-5,13,16,19H,3,6-11H2,1-2H3. The second-order valence-electron chi connectivity index (χ2n) is 5.45. The molecular weight excluding hydrogens is 238 g/mol. The summed E-state index contributed by atoms with van der Waals surface area (Å²) < 4.78 is 0. The van der Waals surface area contributed by atoms with Gasteiger partial charge >= 0.3 is 0 Å². The number of rotatable bonds is 5. The number of aromatic hydroxyl groups is 1. The molecule has 19 heavy (non-hydrogen) atoms. The lowest BCUT2D eigenvalue weighted by Crippen LogP contribution is -2.37. The zero-order valence-electron chi connectivity index (χ0n) is 12.0. The summed E-state index contributed by atoms with van der Waals surface area (Å²) in [6.07, 6.45) is 2.47. The third-order valence-electron chi connectivity index (χ3n) is 3.85. The Morgan fingerprint density at radius 2 is 2.11 bits per heavy atom. The van der Waals surface area contributed by atoms with E-state index in [9.17, 15) is 5.11 Å². The molecule has 1 aliphatic rings. The number of piperidine rings is 1. The van der Waals surface area contributed by atoms with Crippen molar-refractivity contribution in [2.75, 3.05) is 26.2 Å². The fraction of sp³-hybridized carbons (Fsp3) is 0.667. The predicted molar refractivity (Wildman–Crippen MR) is 77.2 cm³/mol. The molecule has 0 saturated carbocycles. The van der Waals surface area contributed by atoms with Crippen molar-refractivity contribution in [1.82, 2.24) is 15.2 Å². The maximum atomic E-state index is 9.83. The molecule has 0 atom stereocenters. The Kier molecular flexibility index (Phi) is 5.16. The van der Waals surface area contributed by atoms with Gasteiger partial charge in [-0.2, -0.15) is 0 Å². The molecule has 0 aromatic carbocycles. The van der Waals surface area contributed by atoms with E-state index in [-0.39, 0.29) is 0 Å². The van der Waals surface area contributed by atoms with Crippen molar-refractivity contribution < 1.29 is 5.11 Å². The highest BCUT2D eigenvalue weighted by Crippen LogP contribution is 2.21. The number of likely N-dealkylation sites (tertiary alicyclic amines) is 1. The molecule has 1 aromatic rings. The zero-order chi connectivity index (χ0) is 13.7. The molecule has 0 aliphatic carbocycles. The largest absolute Gasteiger partial charge is 0.506 e. The number of pyridine rings is 1. The summed E-state index contributed by atoms with van der Waals surface area (Å²) >= 11 is 0. The summed E-state index contributed by atoms with van der Waals surface area (Å²) in [5.41, 5.74) is 1.78. The van der Waals surface area contributed by atoms with E-state index in [2.05, 4.69) is 22.1 Å². The molecule has 1 fully saturated rings. The van der Waals surface area contributed by atoms with Gasteiger partial charge in [-0.1, -0.05) is 6.92 Å². The van der Waals surface area contributed by atoms with Crippen molar-refractivity contribution in [3.63, 3.8) is 0 Å². The molecule has 2 N–H and O–H groups in total. The molecule has 1 aliphatic heterocycles. The van der Waals surface area contributed by atoms with Crippen LogP contribution in [0.25, 0.3) is 0 Å². The average molecular weight is 263 g/mol. The Bertz CT molecular complexity index is 400. The molecule has 1 aromatic heterocycles. The second kappa shape index (κ2) is 6.87. The quantitative estimate of drug-likeness (QED) is 0.852. The van der Waals surface area contributed by atoms with Crippen LogP contribution in [0.15, 0.2) is 12.1 Å². The smallest absolute Gasteiger partial charge is 0.138 e. The van der Waals surface area contributed by atoms with Crippen molar-refractivity contribution in [1.29, 1.82) is 0 Å². The van der Waals surface area contributed by atoms with Gasteiger partial charge in [0.25, 0.3) is 0 Å². The second-order valence-corrected chi connectivity index (χ2v) is 5.45. The topological polar surface area (TPSA) is 48.4 Å². The molecule has 2 heterocycles. The van der Waals surface area contributed by atoms with Crippen molar-refractivity contribution in [2.45, 2.75) is 33.2 Å². The van der Waals surface area contributed by atoms with Crippen LogP contribution in [0.1, 0.15) is 31.2 Å². The number of nitrogens with zero attached hydrogens (tertiary/aromatic N) is 2. The van der Waals surface area contributed by atoms with Crippen molar-refractivity contribution in [2.24, 2.45) is 5.92 Å². The molecule has 0 amide bonds. The Labute approximate surface area is 115 Å². The number of aryl methyl sites for hydroxylation is 1. The highest BCUT2D eigenvalue weighted by molar-refractivity contribution is 5.27. The molecule has 4 heteroatoms. The first kappa shape index (κ1) is 14.3. The third kappa shape index (κ3) is 4.18. The summed E-state index contributed by atoms with van der Waals surface area (Å²) in [5, 5.41) is 13.3. The van der Waals surface area contributed by atoms with Gasteiger partial charge in [0.15, 0.2) is 0 Å². The third-order valence-corrected chi connectivity index (χ3v) is 3.85. The molecule has 2 rings (SSSR count). The van der Waals surface area contributed by atoms with Gasteiger partial charge in [-0.25, -0.2) is 0 Å². The van der Waals surface area contributed by atoms with Crippen LogP contribution in [0.5, 0.6) is 5.75 Å². The Hall–Kier alpha value is -1.13. The maximum Gasteiger partial charge on any atom is 0.138 e. The average Bonchev–Trinajstić information content (AvgIpc) is 2.42. The highest BCUT2D eigenvalue weighted by atomic mass is 16.3. The van der Waals surface area contributed by atoms with E-state index in [0.29, 0.717) is 5.75 Å². The predicted octanol–water partition coefficient (Wildman–Crippen LogP) is 1.92. The number of hydrogen-bond acceptors (Lipinski definition) is 4. The fourth-order valence-electron chi connectivity index (χ4n) is 2.63. The van der Waals surface area contributed by atoms with Gasteiger partial charge in [0, 0.05) is 12.2 Å². The first-order chi connectivity index (χ1) is 9.19. The molecule has 0 spiro atoms. The van der Waals surface area contributed by atoms with Crippen LogP contribution in [0, 0.1) is 12.8 Å². The van der Waals surface area contributed by atoms with Crippen LogP contribution in [-0.4, -0.2) is 41.2 Å². The van der Waals surface area contributed by atoms with Gasteiger partial charge in [0.1, 0.15) is 5.75 Å². The Morgan fingerprint density at radius 1 is 1.37 bits per heavy atom. The van der Waals surface area contributed by atoms with Crippen molar-refractivity contribution in [3.05, 3.63) is 23.5 Å². The van der Waals surface area contributed by atoms with Gasteiger partial charge in [-0.15, -0.1) is 0 Å². The first-order valence-electron chi connectivity index (χ1n) is 7.27. The minimum atomic E-state index is 0.320. The summed E-state index contributed by atoms with van der Waals surface area (Å²) in [5.74, 6) is 1.12. The van der Waals surface area contributed by atoms with E-state index in [1.165, 1.54) is 12.8 Å². The van der Waals surface area contributed by atoms with Crippen LogP contribution in [0.4, 0.5) is 0 Å². The zero-order valence-corrected chi connectivity index (χ0v) is 12.0. The summed E-state index contributed by atoms with van der Waals surface area (Å²) in [4.78, 5) is 6.82. The number of hydrogen-bond donors (Lipinski definition) is 2. The van der Waals surface area contributed by atoms with Crippen molar-refractivity contribution >= 4 is 0 Å². The van der Waals surface area contributed by atoms with Gasteiger partial charge < -0.3 is 10.4 Å². The van der Waals surface area contributed by atoms with Gasteiger partial charge in [-0.05, 0) is 64.0 Å². The molecule has 0 radical (unpaired) electrons. The summed E-state index contributed by atoms with van der Waals surface area (Å²) in [6.45, 7) is 9.28. The van der Waals surface area contributed by atoms with Crippen LogP contribution in [0.2, 0.25) is 0 Å². The first-order valence-corrected chi connectivity index (χ1v) is 7.27. The van der Waals surface area contributed by atoms with Crippen LogP contribution in [-0.2, 0) is 6.54 Å². The van der Waals surface area contributed by atoms with Gasteiger partial charge in [0.2, 0.25) is 0 Å². The minimum Gasteiger partial charge on any atom is -0.506 e. The van der Waals surface area contributed by atoms with Crippen LogP contribution in [0.3, 0.4) is 0 Å². The van der Waals surface area contributed by atoms with Crippen molar-refractivity contribution in [3.8, 4) is 5.75 Å². The molecule has 106 valence electrons. The lowest BCUT2D eigenvalue weighted by Gasteiger charge is -2.31. The lowest BCUT2D eigenvalue weighted by molar-refractivity contribution is 0.172. The molecule has 1 saturated heterocycles. The van der Waals surface area contributed by atoms with E-state index in [4.69, 9.17) is 0 Å². The summed E-state index contributed by atoms with van der Waals surface area (Å²) in [7, 11) is 0. The molecule has 0 bridgehead atoms. The lowest BCUT2D eigenvalue weighted by atomic mass is 9.96. The van der Waals surface area contributed by atoms with Crippen LogP contribution >= 0.6 is 0 Å². The van der Waals surface area contributed by atoms with E-state index >= 15 is 0 Å². The Balaban J connectivity index is 1.83. The summed E-state index contributed by atoms with van der Waals surface area (Å²) in [6, 6.07) is 3.59. The highest BCUT2D eigenvalue weighted by Gasteiger charge is 2.20. The van der Waals surface area contributed by atoms with Gasteiger partial charge in [-0.3, -0.25) is 9.88 Å². The Morgan fingerprint density at radius 3 is 2.79 bits per heavy atom. The fourth-order valence-corrected chi connectivity index (χ4v) is 2.63. The normalized spacial score (nSPS) is 17.8.